The van der Waals surface area contributed by atoms with Gasteiger partial charge < -0.3 is 4.49 Å². The average Bonchev–Trinajstić information content (AvgIpc) is 2.72. The van der Waals surface area contributed by atoms with Gasteiger partial charge in [-0.3, -0.25) is 0 Å². The number of nitrogens with zero attached hydrogens (tertiary/aromatic N) is 1. The Bertz CT molecular complexity index is 781. The third kappa shape index (κ3) is 2.22. The lowest BCUT2D eigenvalue weighted by molar-refractivity contribution is -0.475. The van der Waals surface area contributed by atoms with Crippen LogP contribution in [-0.2, 0) is 5.54 Å². The molecule has 0 N–H and O–H groups in total. The Labute approximate surface area is 134 Å². The van der Waals surface area contributed by atoms with E-state index in [2.05, 4.69) is 95.0 Å². The molecule has 0 bridgehead atoms. The van der Waals surface area contributed by atoms with Crippen molar-refractivity contribution in [2.75, 3.05) is 0 Å². The summed E-state index contributed by atoms with van der Waals surface area (Å²) in [5, 5.41) is 2.68. The molecule has 2 heteroatoms. The van der Waals surface area contributed by atoms with E-state index in [1.807, 2.05) is 0 Å². The molecule has 0 aromatic heterocycles. The number of benzene rings is 2. The summed E-state index contributed by atoms with van der Waals surface area (Å²) in [5.74, 6) is 0.554. The summed E-state index contributed by atoms with van der Waals surface area (Å²) in [6, 6.07) is 13.2. The minimum absolute atomic E-state index is 0.0262. The standard InChI is InChI=1S/C20H24BN/c1-14(2)10-13-18-17-12-11-15-8-6-7-9-16(15)19(17)20(3,4)22(18)21-5/h6-14H,1-5H3/q+1/b13-10+. The van der Waals surface area contributed by atoms with Crippen molar-refractivity contribution in [2.45, 2.75) is 40.1 Å². The second-order valence-electron chi connectivity index (χ2n) is 6.88. The summed E-state index contributed by atoms with van der Waals surface area (Å²) < 4.78 is 2.41. The Kier molecular flexibility index (Phi) is 3.72. The minimum atomic E-state index is -0.0262. The van der Waals surface area contributed by atoms with Crippen molar-refractivity contribution in [1.82, 2.24) is 0 Å². The molecule has 1 radical (unpaired) electrons. The van der Waals surface area contributed by atoms with E-state index in [1.54, 1.807) is 0 Å². The summed E-state index contributed by atoms with van der Waals surface area (Å²) in [5.41, 5.74) is 4.08. The molecule has 2 aromatic carbocycles. The fourth-order valence-electron chi connectivity index (χ4n) is 3.61. The quantitative estimate of drug-likeness (QED) is 0.716. The van der Waals surface area contributed by atoms with Crippen LogP contribution in [0.25, 0.3) is 10.8 Å². The number of hydrogen-bond acceptors (Lipinski definition) is 0. The predicted octanol–water partition coefficient (Wildman–Crippen LogP) is 4.77. The molecule has 111 valence electrons. The fraction of sp³-hybridized carbons (Fsp3) is 0.350. The maximum atomic E-state index is 2.41. The second-order valence-corrected chi connectivity index (χ2v) is 6.88. The number of fused-ring (bicyclic) bond motifs is 3. The number of hydrogen-bond donors (Lipinski definition) is 0. The summed E-state index contributed by atoms with van der Waals surface area (Å²) in [7, 11) is 2.20. The Morgan fingerprint density at radius 3 is 2.50 bits per heavy atom. The molecule has 22 heavy (non-hydrogen) atoms. The van der Waals surface area contributed by atoms with Crippen LogP contribution >= 0.6 is 0 Å². The van der Waals surface area contributed by atoms with E-state index in [4.69, 9.17) is 0 Å². The third-order valence-electron chi connectivity index (χ3n) is 4.58. The van der Waals surface area contributed by atoms with Gasteiger partial charge in [0.1, 0.15) is 0 Å². The van der Waals surface area contributed by atoms with Crippen LogP contribution in [0.2, 0.25) is 6.82 Å². The van der Waals surface area contributed by atoms with E-state index in [9.17, 15) is 0 Å². The van der Waals surface area contributed by atoms with Crippen molar-refractivity contribution in [3.63, 3.8) is 0 Å². The summed E-state index contributed by atoms with van der Waals surface area (Å²) in [4.78, 5) is 0. The van der Waals surface area contributed by atoms with E-state index in [-0.39, 0.29) is 5.54 Å². The molecule has 0 unspecified atom stereocenters. The van der Waals surface area contributed by atoms with Crippen LogP contribution in [-0.4, -0.2) is 17.6 Å². The summed E-state index contributed by atoms with van der Waals surface area (Å²) in [6.45, 7) is 11.2. The molecular weight excluding hydrogens is 265 g/mol. The first-order valence-corrected chi connectivity index (χ1v) is 8.13. The highest BCUT2D eigenvalue weighted by Gasteiger charge is 2.44. The molecule has 3 rings (SSSR count). The van der Waals surface area contributed by atoms with Gasteiger partial charge in [0.15, 0.2) is 11.3 Å². The van der Waals surface area contributed by atoms with Crippen LogP contribution in [0, 0.1) is 5.92 Å². The molecule has 2 aromatic rings. The molecule has 0 saturated heterocycles. The van der Waals surface area contributed by atoms with Gasteiger partial charge in [-0.05, 0) is 29.6 Å². The van der Waals surface area contributed by atoms with Gasteiger partial charge in [0.05, 0.1) is 5.56 Å². The van der Waals surface area contributed by atoms with E-state index < -0.39 is 0 Å². The highest BCUT2D eigenvalue weighted by atomic mass is 15.0. The largest absolute Gasteiger partial charge is 0.531 e. The third-order valence-corrected chi connectivity index (χ3v) is 4.58. The molecule has 1 aliphatic rings. The monoisotopic (exact) mass is 289 g/mol. The van der Waals surface area contributed by atoms with Crippen molar-refractivity contribution in [3.8, 4) is 0 Å². The highest BCUT2D eigenvalue weighted by molar-refractivity contribution is 6.28. The van der Waals surface area contributed by atoms with Gasteiger partial charge in [0.25, 0.3) is 0 Å². The first kappa shape index (κ1) is 15.1. The average molecular weight is 289 g/mol. The fourth-order valence-corrected chi connectivity index (χ4v) is 3.61. The first-order chi connectivity index (χ1) is 10.5. The van der Waals surface area contributed by atoms with Crippen molar-refractivity contribution >= 4 is 23.9 Å². The van der Waals surface area contributed by atoms with Gasteiger partial charge in [-0.1, -0.05) is 50.3 Å². The van der Waals surface area contributed by atoms with Gasteiger partial charge >= 0.3 is 7.41 Å². The van der Waals surface area contributed by atoms with Crippen molar-refractivity contribution in [2.24, 2.45) is 5.92 Å². The summed E-state index contributed by atoms with van der Waals surface area (Å²) in [6.07, 6.45) is 4.57. The SMILES string of the molecule is C[B][N+]1=C(/C=C/C(C)C)c2ccc3ccccc3c2C1(C)C. The Hall–Kier alpha value is -1.83. The highest BCUT2D eigenvalue weighted by Crippen LogP contribution is 2.39. The molecule has 0 fully saturated rings. The molecule has 1 heterocycles. The molecule has 0 aliphatic carbocycles. The van der Waals surface area contributed by atoms with Crippen molar-refractivity contribution in [1.29, 1.82) is 0 Å². The van der Waals surface area contributed by atoms with E-state index in [0.717, 1.165) is 0 Å². The molecule has 0 saturated carbocycles. The Balaban J connectivity index is 2.30. The van der Waals surface area contributed by atoms with Crippen LogP contribution < -0.4 is 0 Å². The predicted molar refractivity (Wildman–Crippen MR) is 96.9 cm³/mol. The minimum Gasteiger partial charge on any atom is -0.306 e. The van der Waals surface area contributed by atoms with Crippen LogP contribution in [0.4, 0.5) is 0 Å². The second kappa shape index (κ2) is 5.42. The van der Waals surface area contributed by atoms with Gasteiger partial charge in [0, 0.05) is 25.5 Å². The maximum Gasteiger partial charge on any atom is 0.531 e. The number of rotatable bonds is 3. The maximum absolute atomic E-state index is 2.41. The van der Waals surface area contributed by atoms with E-state index in [0.29, 0.717) is 5.92 Å². The zero-order valence-corrected chi connectivity index (χ0v) is 14.2. The van der Waals surface area contributed by atoms with Crippen LogP contribution in [0.15, 0.2) is 48.6 Å². The molecule has 1 nitrogen and oxygen atoms in total. The van der Waals surface area contributed by atoms with Crippen molar-refractivity contribution in [3.05, 3.63) is 59.7 Å². The first-order valence-electron chi connectivity index (χ1n) is 8.13. The van der Waals surface area contributed by atoms with Gasteiger partial charge in [0.2, 0.25) is 0 Å². The zero-order chi connectivity index (χ0) is 15.9. The van der Waals surface area contributed by atoms with Gasteiger partial charge in [-0.25, -0.2) is 0 Å². The Morgan fingerprint density at radius 1 is 1.09 bits per heavy atom. The Morgan fingerprint density at radius 2 is 1.82 bits per heavy atom. The van der Waals surface area contributed by atoms with Crippen LogP contribution in [0.1, 0.15) is 38.8 Å². The lowest BCUT2D eigenvalue weighted by Crippen LogP contribution is -2.33. The van der Waals surface area contributed by atoms with Crippen molar-refractivity contribution < 1.29 is 4.49 Å². The van der Waals surface area contributed by atoms with E-state index in [1.165, 1.54) is 27.6 Å². The molecule has 1 aliphatic heterocycles. The molecular formula is C20H24BN+. The lowest BCUT2D eigenvalue weighted by atomic mass is 9.84. The van der Waals surface area contributed by atoms with Crippen LogP contribution in [0.5, 0.6) is 0 Å². The molecule has 0 amide bonds. The van der Waals surface area contributed by atoms with Gasteiger partial charge in [-0.2, -0.15) is 0 Å². The normalized spacial score (nSPS) is 16.8. The van der Waals surface area contributed by atoms with E-state index >= 15 is 0 Å². The van der Waals surface area contributed by atoms with Crippen LogP contribution in [0.3, 0.4) is 0 Å². The van der Waals surface area contributed by atoms with Gasteiger partial charge in [-0.15, -0.1) is 0 Å². The molecule has 0 atom stereocenters. The topological polar surface area (TPSA) is 3.01 Å². The lowest BCUT2D eigenvalue weighted by Gasteiger charge is -2.20. The number of allylic oxidation sites excluding steroid dienone is 2. The zero-order valence-electron chi connectivity index (χ0n) is 14.2. The smallest absolute Gasteiger partial charge is 0.306 e. The summed E-state index contributed by atoms with van der Waals surface area (Å²) >= 11 is 0. The molecule has 0 spiro atoms.